The minimum Gasteiger partial charge on any atom is -0.360 e. The van der Waals surface area contributed by atoms with E-state index >= 15 is 0 Å². The average Bonchev–Trinajstić information content (AvgIpc) is 3.64. The van der Waals surface area contributed by atoms with Gasteiger partial charge in [0.05, 0.1) is 29.2 Å². The van der Waals surface area contributed by atoms with Gasteiger partial charge in [0, 0.05) is 38.3 Å². The number of rotatable bonds is 6. The number of piperidine rings is 1. The van der Waals surface area contributed by atoms with Crippen molar-refractivity contribution in [2.45, 2.75) is 63.2 Å². The summed E-state index contributed by atoms with van der Waals surface area (Å²) in [6, 6.07) is 21.1. The summed E-state index contributed by atoms with van der Waals surface area (Å²) in [6.07, 6.45) is 8.06. The number of hydrogen-bond acceptors (Lipinski definition) is 7. The van der Waals surface area contributed by atoms with Crippen LogP contribution >= 0.6 is 0 Å². The van der Waals surface area contributed by atoms with Crippen LogP contribution in [0.4, 0.5) is 17.2 Å². The van der Waals surface area contributed by atoms with Crippen LogP contribution in [0.3, 0.4) is 0 Å². The second-order valence-electron chi connectivity index (χ2n) is 12.3. The molecule has 2 aromatic carbocycles. The SMILES string of the molecule is CC(c1cc(C2Nc3cc(N4CCCC4)ncc3N2C)ccc1C#N)N1CCC(c2ccc(C3CCN3)cc2)CC1. The number of pyridine rings is 1. The molecular formula is C34H41N7. The molecule has 4 aliphatic rings. The Morgan fingerprint density at radius 2 is 1.63 bits per heavy atom. The van der Waals surface area contributed by atoms with E-state index in [4.69, 9.17) is 4.98 Å². The van der Waals surface area contributed by atoms with Crippen LogP contribution in [0.2, 0.25) is 0 Å². The maximum Gasteiger partial charge on any atom is 0.130 e. The molecule has 41 heavy (non-hydrogen) atoms. The molecule has 3 atom stereocenters. The van der Waals surface area contributed by atoms with Crippen molar-refractivity contribution in [2.24, 2.45) is 0 Å². The molecule has 2 N–H and O–H groups in total. The lowest BCUT2D eigenvalue weighted by Gasteiger charge is -2.37. The lowest BCUT2D eigenvalue weighted by Crippen LogP contribution is -2.36. The summed E-state index contributed by atoms with van der Waals surface area (Å²) in [5.74, 6) is 1.67. The fourth-order valence-corrected chi connectivity index (χ4v) is 7.23. The van der Waals surface area contributed by atoms with Crippen molar-refractivity contribution < 1.29 is 0 Å². The average molecular weight is 548 g/mol. The highest BCUT2D eigenvalue weighted by atomic mass is 15.3. The smallest absolute Gasteiger partial charge is 0.130 e. The Bertz CT molecular complexity index is 1430. The van der Waals surface area contributed by atoms with E-state index in [1.54, 1.807) is 0 Å². The van der Waals surface area contributed by atoms with Crippen LogP contribution in [-0.4, -0.2) is 49.7 Å². The fraction of sp³-hybridized carbons (Fsp3) is 0.471. The van der Waals surface area contributed by atoms with Crippen LogP contribution in [0.5, 0.6) is 0 Å². The largest absolute Gasteiger partial charge is 0.360 e. The molecule has 3 unspecified atom stereocenters. The molecule has 0 aliphatic carbocycles. The summed E-state index contributed by atoms with van der Waals surface area (Å²) in [7, 11) is 2.13. The van der Waals surface area contributed by atoms with Crippen molar-refractivity contribution >= 4 is 17.2 Å². The van der Waals surface area contributed by atoms with E-state index in [2.05, 4.69) is 87.8 Å². The fourth-order valence-electron chi connectivity index (χ4n) is 7.23. The third kappa shape index (κ3) is 4.94. The molecule has 3 fully saturated rings. The predicted molar refractivity (Wildman–Crippen MR) is 165 cm³/mol. The van der Waals surface area contributed by atoms with E-state index in [0.29, 0.717) is 12.0 Å². The maximum atomic E-state index is 10.0. The van der Waals surface area contributed by atoms with Gasteiger partial charge in [-0.2, -0.15) is 5.26 Å². The summed E-state index contributed by atoms with van der Waals surface area (Å²) in [6.45, 7) is 7.68. The summed E-state index contributed by atoms with van der Waals surface area (Å²) >= 11 is 0. The molecule has 0 radical (unpaired) electrons. The molecule has 3 saturated heterocycles. The molecular weight excluding hydrogens is 506 g/mol. The Morgan fingerprint density at radius 3 is 2.32 bits per heavy atom. The molecule has 1 aromatic heterocycles. The molecule has 7 heteroatoms. The van der Waals surface area contributed by atoms with Crippen LogP contribution in [-0.2, 0) is 0 Å². The van der Waals surface area contributed by atoms with Gasteiger partial charge in [-0.25, -0.2) is 4.98 Å². The molecule has 7 rings (SSSR count). The van der Waals surface area contributed by atoms with Crippen LogP contribution in [0.1, 0.15) is 91.0 Å². The highest BCUT2D eigenvalue weighted by Crippen LogP contribution is 2.42. The number of benzene rings is 2. The molecule has 0 bridgehead atoms. The van der Waals surface area contributed by atoms with Crippen molar-refractivity contribution in [1.29, 1.82) is 5.26 Å². The highest BCUT2D eigenvalue weighted by Gasteiger charge is 2.31. The summed E-state index contributed by atoms with van der Waals surface area (Å²) in [5, 5.41) is 17.3. The van der Waals surface area contributed by atoms with Crippen LogP contribution in [0, 0.1) is 11.3 Å². The van der Waals surface area contributed by atoms with Crippen molar-refractivity contribution in [3.05, 3.63) is 82.5 Å². The highest BCUT2D eigenvalue weighted by molar-refractivity contribution is 5.78. The van der Waals surface area contributed by atoms with E-state index < -0.39 is 0 Å². The predicted octanol–water partition coefficient (Wildman–Crippen LogP) is 6.09. The minimum absolute atomic E-state index is 0.0168. The molecule has 0 saturated carbocycles. The Hall–Kier alpha value is -3.60. The van der Waals surface area contributed by atoms with Gasteiger partial charge in [-0.05, 0) is 99.0 Å². The third-order valence-electron chi connectivity index (χ3n) is 10.0. The van der Waals surface area contributed by atoms with Gasteiger partial charge in [-0.3, -0.25) is 4.90 Å². The van der Waals surface area contributed by atoms with Crippen LogP contribution in [0.25, 0.3) is 0 Å². The summed E-state index contributed by atoms with van der Waals surface area (Å²) in [5.41, 5.74) is 8.23. The maximum absolute atomic E-state index is 10.0. The molecule has 3 aromatic rings. The molecule has 0 spiro atoms. The first-order valence-corrected chi connectivity index (χ1v) is 15.4. The quantitative estimate of drug-likeness (QED) is 0.387. The van der Waals surface area contributed by atoms with E-state index in [0.717, 1.165) is 73.9 Å². The van der Waals surface area contributed by atoms with E-state index in [1.807, 2.05) is 12.3 Å². The van der Waals surface area contributed by atoms with E-state index in [1.165, 1.54) is 36.0 Å². The standard InChI is InChI=1S/C34H41N7/c1-23(40-17-12-25(13-18-40)24-5-7-26(8-6-24)30-11-14-36-30)29-19-27(9-10-28(29)21-35)34-38-31-20-33(41-15-3-4-16-41)37-22-32(31)39(34)2/h5-10,19-20,22-23,25,30,34,36,38H,3-4,11-18H2,1-2H3. The Labute approximate surface area is 244 Å². The first-order valence-electron chi connectivity index (χ1n) is 15.4. The van der Waals surface area contributed by atoms with Crippen molar-refractivity contribution in [3.63, 3.8) is 0 Å². The van der Waals surface area contributed by atoms with Crippen molar-refractivity contribution in [1.82, 2.24) is 15.2 Å². The summed E-state index contributed by atoms with van der Waals surface area (Å²) in [4.78, 5) is 12.0. The monoisotopic (exact) mass is 547 g/mol. The molecule has 5 heterocycles. The molecule has 4 aliphatic heterocycles. The van der Waals surface area contributed by atoms with E-state index in [9.17, 15) is 5.26 Å². The van der Waals surface area contributed by atoms with Gasteiger partial charge in [0.15, 0.2) is 0 Å². The van der Waals surface area contributed by atoms with E-state index in [-0.39, 0.29) is 12.2 Å². The number of nitriles is 1. The zero-order valence-corrected chi connectivity index (χ0v) is 24.3. The van der Waals surface area contributed by atoms with Gasteiger partial charge in [-0.15, -0.1) is 0 Å². The zero-order chi connectivity index (χ0) is 27.9. The number of anilines is 3. The Kier molecular flexibility index (Phi) is 7.06. The van der Waals surface area contributed by atoms with Gasteiger partial charge in [0.25, 0.3) is 0 Å². The topological polar surface area (TPSA) is 70.5 Å². The van der Waals surface area contributed by atoms with Gasteiger partial charge >= 0.3 is 0 Å². The second-order valence-corrected chi connectivity index (χ2v) is 12.3. The first kappa shape index (κ1) is 26.3. The van der Waals surface area contributed by atoms with Crippen molar-refractivity contribution in [3.8, 4) is 6.07 Å². The lowest BCUT2D eigenvalue weighted by molar-refractivity contribution is 0.162. The number of nitrogens with zero attached hydrogens (tertiary/aromatic N) is 5. The summed E-state index contributed by atoms with van der Waals surface area (Å²) < 4.78 is 0. The first-order chi connectivity index (χ1) is 20.1. The minimum atomic E-state index is 0.0168. The second kappa shape index (κ2) is 11.0. The normalized spacial score (nSPS) is 23.5. The number of nitrogens with one attached hydrogen (secondary N) is 2. The Morgan fingerprint density at radius 1 is 0.927 bits per heavy atom. The van der Waals surface area contributed by atoms with Crippen LogP contribution < -0.4 is 20.4 Å². The Balaban J connectivity index is 1.05. The zero-order valence-electron chi connectivity index (χ0n) is 24.3. The number of likely N-dealkylation sites (tertiary alicyclic amines) is 1. The molecule has 0 amide bonds. The third-order valence-corrected chi connectivity index (χ3v) is 10.0. The van der Waals surface area contributed by atoms with Gasteiger partial charge < -0.3 is 20.4 Å². The lowest BCUT2D eigenvalue weighted by atomic mass is 9.86. The molecule has 212 valence electrons. The number of aromatic nitrogens is 1. The van der Waals surface area contributed by atoms with Crippen LogP contribution in [0.15, 0.2) is 54.7 Å². The van der Waals surface area contributed by atoms with Gasteiger partial charge in [-0.1, -0.05) is 30.3 Å². The molecule has 7 nitrogen and oxygen atoms in total. The number of fused-ring (bicyclic) bond motifs is 1. The van der Waals surface area contributed by atoms with Crippen molar-refractivity contribution in [2.75, 3.05) is 54.9 Å². The number of hydrogen-bond donors (Lipinski definition) is 2. The van der Waals surface area contributed by atoms with Gasteiger partial charge in [0.2, 0.25) is 0 Å². The van der Waals surface area contributed by atoms with Gasteiger partial charge in [0.1, 0.15) is 12.0 Å².